The molecule has 1 unspecified atom stereocenters. The van der Waals surface area contributed by atoms with Crippen LogP contribution in [0.5, 0.6) is 5.75 Å². The topological polar surface area (TPSA) is 49.8 Å². The molecule has 0 amide bonds. The van der Waals surface area contributed by atoms with Gasteiger partial charge in [0.15, 0.2) is 0 Å². The molecule has 1 aromatic carbocycles. The van der Waals surface area contributed by atoms with Crippen molar-refractivity contribution in [3.05, 3.63) is 29.8 Å². The summed E-state index contributed by atoms with van der Waals surface area (Å²) in [5.74, 6) is -1.21. The van der Waals surface area contributed by atoms with E-state index in [1.807, 2.05) is 0 Å². The first-order valence-electron chi connectivity index (χ1n) is 7.62. The standard InChI is InChI=1S/C16H20F3NO3/c17-16(18,19)13-5-1-2-6-14(13)23-10-4-3-8-20-9-7-12(11-20)15(21)22/h1-2,5-6,12H,3-4,7-11H2,(H,21,22). The molecule has 1 aromatic rings. The highest BCUT2D eigenvalue weighted by Crippen LogP contribution is 2.35. The number of aliphatic carboxylic acids is 1. The number of rotatable bonds is 7. The number of ether oxygens (including phenoxy) is 1. The number of carbonyl (C=O) groups is 1. The average molecular weight is 331 g/mol. The van der Waals surface area contributed by atoms with E-state index in [-0.39, 0.29) is 18.3 Å². The molecular weight excluding hydrogens is 311 g/mol. The van der Waals surface area contributed by atoms with Crippen LogP contribution in [0.25, 0.3) is 0 Å². The van der Waals surface area contributed by atoms with E-state index in [2.05, 4.69) is 4.90 Å². The van der Waals surface area contributed by atoms with E-state index < -0.39 is 17.7 Å². The zero-order chi connectivity index (χ0) is 16.9. The van der Waals surface area contributed by atoms with Crippen molar-refractivity contribution in [2.45, 2.75) is 25.4 Å². The first-order valence-corrected chi connectivity index (χ1v) is 7.62. The van der Waals surface area contributed by atoms with E-state index in [0.29, 0.717) is 19.4 Å². The molecule has 0 aliphatic carbocycles. The minimum Gasteiger partial charge on any atom is -0.493 e. The average Bonchev–Trinajstić information content (AvgIpc) is 2.95. The van der Waals surface area contributed by atoms with Gasteiger partial charge in [-0.1, -0.05) is 12.1 Å². The molecule has 1 heterocycles. The van der Waals surface area contributed by atoms with Crippen LogP contribution in [0.15, 0.2) is 24.3 Å². The summed E-state index contributed by atoms with van der Waals surface area (Å²) in [6.45, 7) is 2.26. The van der Waals surface area contributed by atoms with Crippen molar-refractivity contribution in [1.82, 2.24) is 4.90 Å². The van der Waals surface area contributed by atoms with Gasteiger partial charge in [0.2, 0.25) is 0 Å². The van der Waals surface area contributed by atoms with Gasteiger partial charge in [0, 0.05) is 6.54 Å². The Morgan fingerprint density at radius 1 is 1.30 bits per heavy atom. The van der Waals surface area contributed by atoms with E-state index in [4.69, 9.17) is 9.84 Å². The first-order chi connectivity index (χ1) is 10.9. The maximum atomic E-state index is 12.8. The van der Waals surface area contributed by atoms with E-state index in [1.54, 1.807) is 0 Å². The lowest BCUT2D eigenvalue weighted by atomic mass is 10.1. The van der Waals surface area contributed by atoms with Crippen molar-refractivity contribution < 1.29 is 27.8 Å². The Balaban J connectivity index is 1.70. The molecule has 1 saturated heterocycles. The zero-order valence-electron chi connectivity index (χ0n) is 12.7. The second kappa shape index (κ2) is 7.68. The molecule has 1 N–H and O–H groups in total. The van der Waals surface area contributed by atoms with Crippen LogP contribution in [0.1, 0.15) is 24.8 Å². The molecular formula is C16H20F3NO3. The third kappa shape index (κ3) is 5.13. The van der Waals surface area contributed by atoms with Gasteiger partial charge in [-0.3, -0.25) is 4.79 Å². The minimum absolute atomic E-state index is 0.146. The fourth-order valence-electron chi connectivity index (χ4n) is 2.68. The molecule has 0 aromatic heterocycles. The summed E-state index contributed by atoms with van der Waals surface area (Å²) in [6.07, 6.45) is -2.37. The van der Waals surface area contributed by atoms with Gasteiger partial charge < -0.3 is 14.7 Å². The molecule has 1 aliphatic heterocycles. The SMILES string of the molecule is O=C(O)C1CCN(CCCCOc2ccccc2C(F)(F)F)C1. The third-order valence-corrected chi connectivity index (χ3v) is 3.94. The van der Waals surface area contributed by atoms with Crippen LogP contribution in [-0.4, -0.2) is 42.2 Å². The molecule has 0 spiro atoms. The number of hydrogen-bond donors (Lipinski definition) is 1. The van der Waals surface area contributed by atoms with Crippen LogP contribution in [-0.2, 0) is 11.0 Å². The van der Waals surface area contributed by atoms with Crippen LogP contribution in [0, 0.1) is 5.92 Å². The number of benzene rings is 1. The van der Waals surface area contributed by atoms with Crippen LogP contribution >= 0.6 is 0 Å². The maximum absolute atomic E-state index is 12.8. The number of para-hydroxylation sites is 1. The highest BCUT2D eigenvalue weighted by atomic mass is 19.4. The predicted molar refractivity (Wildman–Crippen MR) is 78.4 cm³/mol. The Labute approximate surface area is 132 Å². The summed E-state index contributed by atoms with van der Waals surface area (Å²) in [7, 11) is 0. The summed E-state index contributed by atoms with van der Waals surface area (Å²) in [4.78, 5) is 12.9. The van der Waals surface area contributed by atoms with Gasteiger partial charge in [0.1, 0.15) is 5.75 Å². The highest BCUT2D eigenvalue weighted by molar-refractivity contribution is 5.70. The van der Waals surface area contributed by atoms with Gasteiger partial charge in [-0.25, -0.2) is 0 Å². The fourth-order valence-corrected chi connectivity index (χ4v) is 2.68. The molecule has 0 saturated carbocycles. The summed E-state index contributed by atoms with van der Waals surface area (Å²) < 4.78 is 43.6. The van der Waals surface area contributed by atoms with Crippen molar-refractivity contribution in [3.8, 4) is 5.75 Å². The molecule has 2 rings (SSSR count). The van der Waals surface area contributed by atoms with E-state index in [9.17, 15) is 18.0 Å². The Hall–Kier alpha value is -1.76. The largest absolute Gasteiger partial charge is 0.493 e. The predicted octanol–water partition coefficient (Wildman–Crippen LogP) is 3.27. The van der Waals surface area contributed by atoms with Crippen molar-refractivity contribution >= 4 is 5.97 Å². The number of carboxylic acids is 1. The first kappa shape index (κ1) is 17.6. The Morgan fingerprint density at radius 3 is 2.70 bits per heavy atom. The quantitative estimate of drug-likeness (QED) is 0.779. The summed E-state index contributed by atoms with van der Waals surface area (Å²) in [5, 5.41) is 8.92. The Kier molecular flexibility index (Phi) is 5.87. The van der Waals surface area contributed by atoms with E-state index in [0.717, 1.165) is 25.6 Å². The van der Waals surface area contributed by atoms with Crippen LogP contribution in [0.2, 0.25) is 0 Å². The second-order valence-corrected chi connectivity index (χ2v) is 5.67. The molecule has 7 heteroatoms. The Morgan fingerprint density at radius 2 is 2.04 bits per heavy atom. The number of carboxylic acid groups (broad SMARTS) is 1. The smallest absolute Gasteiger partial charge is 0.419 e. The molecule has 128 valence electrons. The van der Waals surface area contributed by atoms with E-state index in [1.165, 1.54) is 18.2 Å². The van der Waals surface area contributed by atoms with Crippen molar-refractivity contribution in [3.63, 3.8) is 0 Å². The normalized spacial score (nSPS) is 19.0. The molecule has 1 aliphatic rings. The molecule has 4 nitrogen and oxygen atoms in total. The number of nitrogens with zero attached hydrogens (tertiary/aromatic N) is 1. The second-order valence-electron chi connectivity index (χ2n) is 5.67. The maximum Gasteiger partial charge on any atom is 0.419 e. The number of halogens is 3. The van der Waals surface area contributed by atoms with Crippen molar-refractivity contribution in [1.29, 1.82) is 0 Å². The van der Waals surface area contributed by atoms with Crippen LogP contribution in [0.4, 0.5) is 13.2 Å². The summed E-state index contributed by atoms with van der Waals surface area (Å²) in [5.41, 5.74) is -0.760. The highest BCUT2D eigenvalue weighted by Gasteiger charge is 2.34. The van der Waals surface area contributed by atoms with Gasteiger partial charge in [-0.05, 0) is 44.5 Å². The summed E-state index contributed by atoms with van der Waals surface area (Å²) >= 11 is 0. The van der Waals surface area contributed by atoms with Gasteiger partial charge in [-0.15, -0.1) is 0 Å². The molecule has 0 bridgehead atoms. The van der Waals surface area contributed by atoms with Crippen molar-refractivity contribution in [2.24, 2.45) is 5.92 Å². The van der Waals surface area contributed by atoms with Gasteiger partial charge in [0.05, 0.1) is 18.1 Å². The lowest BCUT2D eigenvalue weighted by Crippen LogP contribution is -2.24. The lowest BCUT2D eigenvalue weighted by Gasteiger charge is -2.16. The van der Waals surface area contributed by atoms with Crippen LogP contribution in [0.3, 0.4) is 0 Å². The number of unbranched alkanes of at least 4 members (excludes halogenated alkanes) is 1. The monoisotopic (exact) mass is 331 g/mol. The Bertz CT molecular complexity index is 534. The molecule has 1 atom stereocenters. The molecule has 0 radical (unpaired) electrons. The zero-order valence-corrected chi connectivity index (χ0v) is 12.7. The van der Waals surface area contributed by atoms with Gasteiger partial charge in [0.25, 0.3) is 0 Å². The number of likely N-dealkylation sites (tertiary alicyclic amines) is 1. The van der Waals surface area contributed by atoms with Gasteiger partial charge >= 0.3 is 12.1 Å². The minimum atomic E-state index is -4.42. The lowest BCUT2D eigenvalue weighted by molar-refractivity contribution is -0.141. The molecule has 23 heavy (non-hydrogen) atoms. The third-order valence-electron chi connectivity index (χ3n) is 3.94. The number of alkyl halides is 3. The summed E-state index contributed by atoms with van der Waals surface area (Å²) in [6, 6.07) is 5.18. The molecule has 1 fully saturated rings. The fraction of sp³-hybridized carbons (Fsp3) is 0.562. The van der Waals surface area contributed by atoms with Gasteiger partial charge in [-0.2, -0.15) is 13.2 Å². The van der Waals surface area contributed by atoms with Crippen LogP contribution < -0.4 is 4.74 Å². The van der Waals surface area contributed by atoms with Crippen molar-refractivity contribution in [2.75, 3.05) is 26.2 Å². The number of hydrogen-bond acceptors (Lipinski definition) is 3. The van der Waals surface area contributed by atoms with E-state index >= 15 is 0 Å².